The second kappa shape index (κ2) is 4.80. The summed E-state index contributed by atoms with van der Waals surface area (Å²) in [5.41, 5.74) is 0. The topological polar surface area (TPSA) is 18.5 Å². The largest absolute Gasteiger partial charge is 0.337 e. The fraction of sp³-hybridized carbons (Fsp3) is 0.231. The van der Waals surface area contributed by atoms with Gasteiger partial charge in [0.05, 0.1) is 6.61 Å². The molecule has 2 nitrogen and oxygen atoms in total. The third-order valence-electron chi connectivity index (χ3n) is 2.19. The Labute approximate surface area is 89.4 Å². The molecule has 15 heavy (non-hydrogen) atoms. The lowest BCUT2D eigenvalue weighted by molar-refractivity contribution is -0.205. The molecule has 2 rings (SSSR count). The second-order valence-electron chi connectivity index (χ2n) is 3.38. The smallest absolute Gasteiger partial charge is 0.173 e. The van der Waals surface area contributed by atoms with Crippen molar-refractivity contribution in [3.05, 3.63) is 42.5 Å². The van der Waals surface area contributed by atoms with Crippen molar-refractivity contribution in [2.45, 2.75) is 13.3 Å². The van der Waals surface area contributed by atoms with E-state index in [1.165, 1.54) is 0 Å². The van der Waals surface area contributed by atoms with E-state index in [9.17, 15) is 0 Å². The quantitative estimate of drug-likeness (QED) is 0.428. The summed E-state index contributed by atoms with van der Waals surface area (Å²) in [6, 6.07) is 14.0. The molecule has 0 heterocycles. The van der Waals surface area contributed by atoms with Gasteiger partial charge in [-0.25, -0.2) is 0 Å². The molecule has 0 saturated carbocycles. The van der Waals surface area contributed by atoms with Crippen molar-refractivity contribution in [2.24, 2.45) is 0 Å². The van der Waals surface area contributed by atoms with Gasteiger partial charge in [0.1, 0.15) is 0 Å². The minimum atomic E-state index is 0.614. The number of hydrogen-bond donors (Lipinski definition) is 0. The van der Waals surface area contributed by atoms with E-state index in [4.69, 9.17) is 9.78 Å². The van der Waals surface area contributed by atoms with Crippen LogP contribution in [0.25, 0.3) is 10.8 Å². The molecule has 0 fully saturated rings. The average Bonchev–Trinajstić information content (AvgIpc) is 2.30. The van der Waals surface area contributed by atoms with Gasteiger partial charge in [0.2, 0.25) is 0 Å². The first-order chi connectivity index (χ1) is 7.42. The monoisotopic (exact) mass is 202 g/mol. The predicted octanol–water partition coefficient (Wildman–Crippen LogP) is 3.56. The minimum Gasteiger partial charge on any atom is -0.337 e. The summed E-state index contributed by atoms with van der Waals surface area (Å²) in [4.78, 5) is 10.3. The molecule has 0 aliphatic rings. The Morgan fingerprint density at radius 2 is 1.80 bits per heavy atom. The molecule has 0 aliphatic heterocycles. The number of benzene rings is 2. The Kier molecular flexibility index (Phi) is 3.20. The van der Waals surface area contributed by atoms with Gasteiger partial charge in [-0.05, 0) is 17.9 Å². The van der Waals surface area contributed by atoms with Gasteiger partial charge in [0.15, 0.2) is 5.75 Å². The Hall–Kier alpha value is -1.54. The Morgan fingerprint density at radius 3 is 2.67 bits per heavy atom. The van der Waals surface area contributed by atoms with Gasteiger partial charge in [-0.1, -0.05) is 43.3 Å². The van der Waals surface area contributed by atoms with Crippen LogP contribution in [0, 0.1) is 0 Å². The van der Waals surface area contributed by atoms with E-state index in [2.05, 4.69) is 12.1 Å². The van der Waals surface area contributed by atoms with Gasteiger partial charge in [-0.15, -0.1) is 0 Å². The molecule has 0 atom stereocenters. The first kappa shape index (κ1) is 9.99. The molecule has 0 aliphatic carbocycles. The van der Waals surface area contributed by atoms with Crippen LogP contribution in [0.5, 0.6) is 5.75 Å². The predicted molar refractivity (Wildman–Crippen MR) is 60.8 cm³/mol. The highest BCUT2D eigenvalue weighted by Crippen LogP contribution is 2.25. The highest BCUT2D eigenvalue weighted by Gasteiger charge is 2.01. The number of hydrogen-bond acceptors (Lipinski definition) is 2. The molecule has 0 unspecified atom stereocenters. The molecule has 2 aromatic rings. The van der Waals surface area contributed by atoms with E-state index in [0.29, 0.717) is 6.61 Å². The van der Waals surface area contributed by atoms with E-state index in [1.54, 1.807) is 0 Å². The molecule has 0 amide bonds. The summed E-state index contributed by atoms with van der Waals surface area (Å²) in [5.74, 6) is 0.779. The molecule has 0 radical (unpaired) electrons. The van der Waals surface area contributed by atoms with Crippen molar-refractivity contribution >= 4 is 10.8 Å². The standard InChI is InChI=1S/C13H14O2/c1-2-10-14-15-13-9-5-7-11-6-3-4-8-12(11)13/h3-9H,2,10H2,1H3. The van der Waals surface area contributed by atoms with Crippen LogP contribution in [-0.4, -0.2) is 6.61 Å². The third kappa shape index (κ3) is 2.28. The summed E-state index contributed by atoms with van der Waals surface area (Å²) < 4.78 is 0. The third-order valence-corrected chi connectivity index (χ3v) is 2.19. The Morgan fingerprint density at radius 1 is 1.00 bits per heavy atom. The van der Waals surface area contributed by atoms with Crippen molar-refractivity contribution in [2.75, 3.05) is 6.61 Å². The van der Waals surface area contributed by atoms with Crippen LogP contribution in [0.3, 0.4) is 0 Å². The maximum absolute atomic E-state index is 5.26. The molecule has 0 spiro atoms. The highest BCUT2D eigenvalue weighted by molar-refractivity contribution is 5.88. The van der Waals surface area contributed by atoms with Crippen LogP contribution in [0.2, 0.25) is 0 Å². The van der Waals surface area contributed by atoms with Crippen LogP contribution in [0.15, 0.2) is 42.5 Å². The molecule has 2 heteroatoms. The van der Waals surface area contributed by atoms with E-state index in [1.807, 2.05) is 37.3 Å². The molecule has 78 valence electrons. The van der Waals surface area contributed by atoms with E-state index in [-0.39, 0.29) is 0 Å². The van der Waals surface area contributed by atoms with Gasteiger partial charge in [0.25, 0.3) is 0 Å². The fourth-order valence-electron chi connectivity index (χ4n) is 1.46. The Balaban J connectivity index is 2.26. The molecule has 0 N–H and O–H groups in total. The summed E-state index contributed by atoms with van der Waals surface area (Å²) >= 11 is 0. The zero-order chi connectivity index (χ0) is 10.5. The highest BCUT2D eigenvalue weighted by atomic mass is 17.2. The average molecular weight is 202 g/mol. The summed E-state index contributed by atoms with van der Waals surface area (Å²) in [7, 11) is 0. The SMILES string of the molecule is CCCOOc1cccc2ccccc12. The summed E-state index contributed by atoms with van der Waals surface area (Å²) in [6.07, 6.45) is 0.949. The van der Waals surface area contributed by atoms with Crippen LogP contribution >= 0.6 is 0 Å². The Bertz CT molecular complexity index is 432. The second-order valence-corrected chi connectivity index (χ2v) is 3.38. The first-order valence-corrected chi connectivity index (χ1v) is 5.19. The normalized spacial score (nSPS) is 10.5. The van der Waals surface area contributed by atoms with E-state index >= 15 is 0 Å². The molecule has 0 aromatic heterocycles. The van der Waals surface area contributed by atoms with Crippen LogP contribution in [0.1, 0.15) is 13.3 Å². The van der Waals surface area contributed by atoms with Crippen LogP contribution in [0.4, 0.5) is 0 Å². The van der Waals surface area contributed by atoms with Crippen LogP contribution in [-0.2, 0) is 4.89 Å². The van der Waals surface area contributed by atoms with Crippen LogP contribution < -0.4 is 4.89 Å². The van der Waals surface area contributed by atoms with Crippen molar-refractivity contribution in [1.29, 1.82) is 0 Å². The fourth-order valence-corrected chi connectivity index (χ4v) is 1.46. The minimum absolute atomic E-state index is 0.614. The summed E-state index contributed by atoms with van der Waals surface area (Å²) in [6.45, 7) is 2.66. The van der Waals surface area contributed by atoms with Crippen molar-refractivity contribution in [1.82, 2.24) is 0 Å². The van der Waals surface area contributed by atoms with Gasteiger partial charge < -0.3 is 4.89 Å². The lowest BCUT2D eigenvalue weighted by Gasteiger charge is -2.06. The summed E-state index contributed by atoms with van der Waals surface area (Å²) in [5, 5.41) is 2.24. The number of fused-ring (bicyclic) bond motifs is 1. The lowest BCUT2D eigenvalue weighted by Crippen LogP contribution is -1.98. The molecule has 2 aromatic carbocycles. The zero-order valence-electron chi connectivity index (χ0n) is 8.77. The zero-order valence-corrected chi connectivity index (χ0v) is 8.77. The van der Waals surface area contributed by atoms with Crippen molar-refractivity contribution < 1.29 is 9.78 Å². The van der Waals surface area contributed by atoms with E-state index < -0.39 is 0 Å². The van der Waals surface area contributed by atoms with Crippen molar-refractivity contribution in [3.63, 3.8) is 0 Å². The van der Waals surface area contributed by atoms with E-state index in [0.717, 1.165) is 22.9 Å². The van der Waals surface area contributed by atoms with Crippen molar-refractivity contribution in [3.8, 4) is 5.75 Å². The first-order valence-electron chi connectivity index (χ1n) is 5.19. The van der Waals surface area contributed by atoms with Gasteiger partial charge in [0, 0.05) is 5.39 Å². The molecular weight excluding hydrogens is 188 g/mol. The molecule has 0 saturated heterocycles. The maximum Gasteiger partial charge on any atom is 0.173 e. The number of rotatable bonds is 4. The molecule has 0 bridgehead atoms. The van der Waals surface area contributed by atoms with Gasteiger partial charge >= 0.3 is 0 Å². The van der Waals surface area contributed by atoms with Gasteiger partial charge in [-0.3, -0.25) is 0 Å². The van der Waals surface area contributed by atoms with Gasteiger partial charge in [-0.2, -0.15) is 4.89 Å². The lowest BCUT2D eigenvalue weighted by atomic mass is 10.1. The molecular formula is C13H14O2. The maximum atomic E-state index is 5.26.